The zero-order valence-electron chi connectivity index (χ0n) is 11.9. The minimum atomic E-state index is -0.356. The highest BCUT2D eigenvalue weighted by Crippen LogP contribution is 2.34. The summed E-state index contributed by atoms with van der Waals surface area (Å²) in [5.74, 6) is 0.964. The molecule has 20 heavy (non-hydrogen) atoms. The molecule has 0 aliphatic carbocycles. The fourth-order valence-electron chi connectivity index (χ4n) is 2.76. The van der Waals surface area contributed by atoms with Crippen molar-refractivity contribution in [2.24, 2.45) is 0 Å². The Morgan fingerprint density at radius 2 is 2.15 bits per heavy atom. The number of aliphatic hydroxyl groups excluding tert-OH is 1. The van der Waals surface area contributed by atoms with E-state index < -0.39 is 0 Å². The molecule has 106 valence electrons. The topological polar surface area (TPSA) is 54.2 Å². The van der Waals surface area contributed by atoms with E-state index in [1.165, 1.54) is 0 Å². The van der Waals surface area contributed by atoms with Crippen molar-refractivity contribution < 1.29 is 5.11 Å². The quantitative estimate of drug-likeness (QED) is 0.931. The molecule has 0 saturated carbocycles. The van der Waals surface area contributed by atoms with Crippen LogP contribution >= 0.6 is 0 Å². The third-order valence-corrected chi connectivity index (χ3v) is 3.78. The fourth-order valence-corrected chi connectivity index (χ4v) is 2.76. The highest BCUT2D eigenvalue weighted by atomic mass is 16.3. The van der Waals surface area contributed by atoms with Gasteiger partial charge in [-0.05, 0) is 26.3 Å². The van der Waals surface area contributed by atoms with Crippen molar-refractivity contribution in [3.05, 3.63) is 42.0 Å². The van der Waals surface area contributed by atoms with Crippen molar-refractivity contribution >= 4 is 5.69 Å². The molecule has 1 aromatic carbocycles. The van der Waals surface area contributed by atoms with Gasteiger partial charge in [0.1, 0.15) is 12.2 Å². The van der Waals surface area contributed by atoms with Crippen LogP contribution in [0, 0.1) is 0 Å². The molecule has 1 aliphatic rings. The first-order chi connectivity index (χ1) is 9.66. The van der Waals surface area contributed by atoms with Gasteiger partial charge in [-0.3, -0.25) is 0 Å². The van der Waals surface area contributed by atoms with E-state index in [2.05, 4.69) is 34.9 Å². The van der Waals surface area contributed by atoms with E-state index >= 15 is 0 Å². The van der Waals surface area contributed by atoms with E-state index in [-0.39, 0.29) is 6.10 Å². The van der Waals surface area contributed by atoms with Crippen molar-refractivity contribution in [3.63, 3.8) is 0 Å². The number of nitrogens with zero attached hydrogens (tertiary/aromatic N) is 4. The first-order valence-corrected chi connectivity index (χ1v) is 7.07. The summed E-state index contributed by atoms with van der Waals surface area (Å²) in [7, 11) is 0. The number of aliphatic hydroxyl groups is 1. The molecule has 1 atom stereocenters. The van der Waals surface area contributed by atoms with E-state index in [9.17, 15) is 5.11 Å². The van der Waals surface area contributed by atoms with Crippen molar-refractivity contribution in [2.75, 3.05) is 11.4 Å². The number of fused-ring (bicyclic) bond motifs is 1. The van der Waals surface area contributed by atoms with Crippen LogP contribution in [0.3, 0.4) is 0 Å². The van der Waals surface area contributed by atoms with E-state index in [1.807, 2.05) is 22.9 Å². The average molecular weight is 272 g/mol. The van der Waals surface area contributed by atoms with Gasteiger partial charge in [-0.25, -0.2) is 9.67 Å². The maximum atomic E-state index is 10.1. The van der Waals surface area contributed by atoms with E-state index in [0.29, 0.717) is 6.04 Å². The van der Waals surface area contributed by atoms with Gasteiger partial charge < -0.3 is 10.0 Å². The first kappa shape index (κ1) is 13.1. The summed E-state index contributed by atoms with van der Waals surface area (Å²) < 4.78 is 1.95. The van der Waals surface area contributed by atoms with Gasteiger partial charge in [-0.15, -0.1) is 0 Å². The van der Waals surface area contributed by atoms with E-state index in [4.69, 9.17) is 0 Å². The Hall–Kier alpha value is -1.88. The molecule has 0 saturated heterocycles. The maximum absolute atomic E-state index is 10.1. The van der Waals surface area contributed by atoms with Gasteiger partial charge >= 0.3 is 0 Å². The number of aromatic nitrogens is 3. The van der Waals surface area contributed by atoms with Crippen LogP contribution in [-0.2, 0) is 6.54 Å². The second-order valence-electron chi connectivity index (χ2n) is 5.50. The lowest BCUT2D eigenvalue weighted by molar-refractivity contribution is 0.164. The Balaban J connectivity index is 1.89. The SMILES string of the molecule is CC(C)n1ncnc1CN1CCC(O)c2ccccc21. The minimum absolute atomic E-state index is 0.304. The predicted molar refractivity (Wildman–Crippen MR) is 77.5 cm³/mol. The van der Waals surface area contributed by atoms with Crippen LogP contribution < -0.4 is 4.90 Å². The van der Waals surface area contributed by atoms with Crippen LogP contribution in [0.5, 0.6) is 0 Å². The summed E-state index contributed by atoms with van der Waals surface area (Å²) in [5, 5.41) is 14.4. The van der Waals surface area contributed by atoms with Gasteiger partial charge in [0.05, 0.1) is 12.6 Å². The molecular formula is C15H20N4O. The van der Waals surface area contributed by atoms with Gasteiger partial charge in [0.2, 0.25) is 0 Å². The lowest BCUT2D eigenvalue weighted by atomic mass is 9.99. The smallest absolute Gasteiger partial charge is 0.146 e. The standard InChI is InChI=1S/C15H20N4O/c1-11(2)19-15(16-10-17-19)9-18-8-7-14(20)12-5-3-4-6-13(12)18/h3-6,10-11,14,20H,7-9H2,1-2H3. The van der Waals surface area contributed by atoms with Crippen LogP contribution in [-0.4, -0.2) is 26.4 Å². The van der Waals surface area contributed by atoms with Crippen LogP contribution in [0.4, 0.5) is 5.69 Å². The zero-order chi connectivity index (χ0) is 14.1. The molecule has 0 bridgehead atoms. The van der Waals surface area contributed by atoms with Gasteiger partial charge in [0.25, 0.3) is 0 Å². The molecule has 2 heterocycles. The molecule has 1 N–H and O–H groups in total. The van der Waals surface area contributed by atoms with Gasteiger partial charge in [-0.1, -0.05) is 18.2 Å². The molecule has 1 unspecified atom stereocenters. The lowest BCUT2D eigenvalue weighted by Gasteiger charge is -2.33. The third-order valence-electron chi connectivity index (χ3n) is 3.78. The normalized spacial score (nSPS) is 18.4. The highest BCUT2D eigenvalue weighted by Gasteiger charge is 2.24. The summed E-state index contributed by atoms with van der Waals surface area (Å²) in [6.07, 6.45) is 2.01. The molecule has 3 rings (SSSR count). The van der Waals surface area contributed by atoms with Crippen molar-refractivity contribution in [3.8, 4) is 0 Å². The van der Waals surface area contributed by atoms with Gasteiger partial charge in [-0.2, -0.15) is 5.10 Å². The molecule has 2 aromatic rings. The summed E-state index contributed by atoms with van der Waals surface area (Å²) in [6.45, 7) is 5.77. The molecular weight excluding hydrogens is 252 g/mol. The van der Waals surface area contributed by atoms with E-state index in [0.717, 1.165) is 36.6 Å². The molecule has 0 amide bonds. The van der Waals surface area contributed by atoms with Gasteiger partial charge in [0, 0.05) is 23.8 Å². The van der Waals surface area contributed by atoms with E-state index in [1.54, 1.807) is 6.33 Å². The number of hydrogen-bond acceptors (Lipinski definition) is 4. The molecule has 0 spiro atoms. The second kappa shape index (κ2) is 5.25. The summed E-state index contributed by atoms with van der Waals surface area (Å²) in [4.78, 5) is 6.64. The minimum Gasteiger partial charge on any atom is -0.388 e. The largest absolute Gasteiger partial charge is 0.388 e. The Kier molecular flexibility index (Phi) is 3.44. The van der Waals surface area contributed by atoms with Crippen LogP contribution in [0.25, 0.3) is 0 Å². The first-order valence-electron chi connectivity index (χ1n) is 7.07. The molecule has 0 fully saturated rings. The average Bonchev–Trinajstić information content (AvgIpc) is 2.91. The molecule has 0 radical (unpaired) electrons. The number of hydrogen-bond donors (Lipinski definition) is 1. The zero-order valence-corrected chi connectivity index (χ0v) is 11.9. The van der Waals surface area contributed by atoms with Crippen molar-refractivity contribution in [1.82, 2.24) is 14.8 Å². The fraction of sp³-hybridized carbons (Fsp3) is 0.467. The summed E-state index contributed by atoms with van der Waals surface area (Å²) in [5.41, 5.74) is 2.11. The van der Waals surface area contributed by atoms with Crippen LogP contribution in [0.15, 0.2) is 30.6 Å². The van der Waals surface area contributed by atoms with Gasteiger partial charge in [0.15, 0.2) is 0 Å². The molecule has 5 nitrogen and oxygen atoms in total. The molecule has 5 heteroatoms. The third kappa shape index (κ3) is 2.29. The maximum Gasteiger partial charge on any atom is 0.146 e. The Labute approximate surface area is 118 Å². The summed E-state index contributed by atoms with van der Waals surface area (Å²) >= 11 is 0. The predicted octanol–water partition coefficient (Wildman–Crippen LogP) is 2.30. The number of rotatable bonds is 3. The number of para-hydroxylation sites is 1. The van der Waals surface area contributed by atoms with Crippen LogP contribution in [0.1, 0.15) is 43.8 Å². The Morgan fingerprint density at radius 3 is 2.95 bits per heavy atom. The Bertz CT molecular complexity index is 593. The summed E-state index contributed by atoms with van der Waals surface area (Å²) in [6, 6.07) is 8.35. The van der Waals surface area contributed by atoms with Crippen molar-refractivity contribution in [1.29, 1.82) is 0 Å². The highest BCUT2D eigenvalue weighted by molar-refractivity contribution is 5.56. The van der Waals surface area contributed by atoms with Crippen molar-refractivity contribution in [2.45, 2.75) is 39.0 Å². The number of benzene rings is 1. The second-order valence-corrected chi connectivity index (χ2v) is 5.50. The number of anilines is 1. The Morgan fingerprint density at radius 1 is 1.35 bits per heavy atom. The van der Waals surface area contributed by atoms with Crippen LogP contribution in [0.2, 0.25) is 0 Å². The molecule has 1 aromatic heterocycles. The monoisotopic (exact) mass is 272 g/mol. The molecule has 1 aliphatic heterocycles. The lowest BCUT2D eigenvalue weighted by Crippen LogP contribution is -2.32.